The van der Waals surface area contributed by atoms with Crippen molar-refractivity contribution in [2.24, 2.45) is 11.8 Å². The molecule has 4 nitrogen and oxygen atoms in total. The molecule has 0 aromatic heterocycles. The fraction of sp³-hybridized carbons (Fsp3) is 0.562. The molecule has 1 aliphatic carbocycles. The monoisotopic (exact) mass is 306 g/mol. The van der Waals surface area contributed by atoms with Gasteiger partial charge in [0, 0.05) is 6.04 Å². The van der Waals surface area contributed by atoms with E-state index in [1.807, 2.05) is 0 Å². The number of sulfonamides is 1. The number of rotatable bonds is 3. The number of nitrogens with one attached hydrogen (secondary N) is 1. The second-order valence-corrected chi connectivity index (χ2v) is 7.93. The molecule has 1 saturated carbocycles. The summed E-state index contributed by atoms with van der Waals surface area (Å²) in [5.41, 5.74) is 1.19. The fourth-order valence-corrected chi connectivity index (χ4v) is 4.50. The largest absolute Gasteiger partial charge is 0.240 e. The molecule has 1 N–H and O–H groups in total. The molecular formula is C16H22N2O2S. The van der Waals surface area contributed by atoms with E-state index in [1.54, 1.807) is 19.1 Å². The van der Waals surface area contributed by atoms with Crippen molar-refractivity contribution in [2.75, 3.05) is 0 Å². The van der Waals surface area contributed by atoms with Crippen molar-refractivity contribution in [3.63, 3.8) is 0 Å². The molecule has 0 spiro atoms. The smallest absolute Gasteiger partial charge is 0.208 e. The summed E-state index contributed by atoms with van der Waals surface area (Å²) < 4.78 is 27.8. The first-order valence-corrected chi connectivity index (χ1v) is 8.85. The molecular weight excluding hydrogens is 284 g/mol. The van der Waals surface area contributed by atoms with Crippen LogP contribution in [0.15, 0.2) is 23.1 Å². The maximum Gasteiger partial charge on any atom is 0.240 e. The van der Waals surface area contributed by atoms with Crippen LogP contribution in [0.2, 0.25) is 0 Å². The van der Waals surface area contributed by atoms with Gasteiger partial charge in [-0.05, 0) is 61.8 Å². The van der Waals surface area contributed by atoms with Gasteiger partial charge in [0.1, 0.15) is 0 Å². The molecule has 3 unspecified atom stereocenters. The third kappa shape index (κ3) is 3.63. The first-order chi connectivity index (χ1) is 9.83. The minimum absolute atomic E-state index is 0.00199. The Labute approximate surface area is 127 Å². The molecule has 1 fully saturated rings. The van der Waals surface area contributed by atoms with Crippen LogP contribution in [-0.4, -0.2) is 14.5 Å². The number of hydrogen-bond donors (Lipinski definition) is 1. The van der Waals surface area contributed by atoms with Gasteiger partial charge in [0.05, 0.1) is 16.5 Å². The van der Waals surface area contributed by atoms with Crippen molar-refractivity contribution in [1.29, 1.82) is 5.26 Å². The number of nitriles is 1. The quantitative estimate of drug-likeness (QED) is 0.933. The van der Waals surface area contributed by atoms with Crippen LogP contribution in [0.4, 0.5) is 0 Å². The van der Waals surface area contributed by atoms with E-state index in [-0.39, 0.29) is 10.9 Å². The van der Waals surface area contributed by atoms with Crippen LogP contribution < -0.4 is 4.72 Å². The van der Waals surface area contributed by atoms with Crippen molar-refractivity contribution in [3.8, 4) is 6.07 Å². The normalized spacial score (nSPS) is 26.3. The Morgan fingerprint density at radius 3 is 2.57 bits per heavy atom. The topological polar surface area (TPSA) is 70.0 Å². The number of nitrogens with zero attached hydrogens (tertiary/aromatic N) is 1. The second kappa shape index (κ2) is 6.17. The highest BCUT2D eigenvalue weighted by Gasteiger charge is 2.29. The van der Waals surface area contributed by atoms with Crippen LogP contribution in [0, 0.1) is 30.1 Å². The average molecular weight is 306 g/mol. The van der Waals surface area contributed by atoms with E-state index in [2.05, 4.69) is 24.6 Å². The third-order valence-corrected chi connectivity index (χ3v) is 5.85. The maximum absolute atomic E-state index is 12.5. The van der Waals surface area contributed by atoms with Crippen molar-refractivity contribution < 1.29 is 8.42 Å². The molecule has 0 heterocycles. The summed E-state index contributed by atoms with van der Waals surface area (Å²) in [6.45, 7) is 6.07. The first kappa shape index (κ1) is 16.0. The SMILES string of the molecule is Cc1cc(S(=O)(=O)NC2CCC(C)CC2C)ccc1C#N. The first-order valence-electron chi connectivity index (χ1n) is 7.36. The Kier molecular flexibility index (Phi) is 4.70. The minimum atomic E-state index is -3.52. The molecule has 0 bridgehead atoms. The van der Waals surface area contributed by atoms with Gasteiger partial charge in [-0.15, -0.1) is 0 Å². The van der Waals surface area contributed by atoms with E-state index in [0.29, 0.717) is 23.0 Å². The molecule has 1 aromatic carbocycles. The maximum atomic E-state index is 12.5. The van der Waals surface area contributed by atoms with Crippen molar-refractivity contribution in [2.45, 2.75) is 51.0 Å². The molecule has 0 aliphatic heterocycles. The summed E-state index contributed by atoms with van der Waals surface area (Å²) in [5.74, 6) is 1.01. The van der Waals surface area contributed by atoms with E-state index in [4.69, 9.17) is 5.26 Å². The van der Waals surface area contributed by atoms with Gasteiger partial charge in [-0.3, -0.25) is 0 Å². The van der Waals surface area contributed by atoms with Gasteiger partial charge >= 0.3 is 0 Å². The summed E-state index contributed by atoms with van der Waals surface area (Å²) in [4.78, 5) is 0.241. The number of aryl methyl sites for hydroxylation is 1. The molecule has 1 aliphatic rings. The lowest BCUT2D eigenvalue weighted by atomic mass is 9.80. The average Bonchev–Trinajstić information content (AvgIpc) is 2.42. The third-order valence-electron chi connectivity index (χ3n) is 4.37. The van der Waals surface area contributed by atoms with Crippen LogP contribution in [0.3, 0.4) is 0 Å². The van der Waals surface area contributed by atoms with Gasteiger partial charge in [-0.2, -0.15) is 5.26 Å². The van der Waals surface area contributed by atoms with Gasteiger partial charge < -0.3 is 0 Å². The Bertz CT molecular complexity index is 661. The predicted octanol–water partition coefficient (Wildman–Crippen LogP) is 2.97. The lowest BCUT2D eigenvalue weighted by Gasteiger charge is -2.32. The summed E-state index contributed by atoms with van der Waals surface area (Å²) in [6.07, 6.45) is 3.00. The molecule has 2 rings (SSSR count). The van der Waals surface area contributed by atoms with E-state index in [9.17, 15) is 8.42 Å². The number of hydrogen-bond acceptors (Lipinski definition) is 3. The van der Waals surface area contributed by atoms with Gasteiger partial charge in [0.25, 0.3) is 0 Å². The number of benzene rings is 1. The van der Waals surface area contributed by atoms with Crippen LogP contribution in [-0.2, 0) is 10.0 Å². The van der Waals surface area contributed by atoms with E-state index >= 15 is 0 Å². The summed E-state index contributed by atoms with van der Waals surface area (Å²) in [6, 6.07) is 6.69. The molecule has 0 radical (unpaired) electrons. The minimum Gasteiger partial charge on any atom is -0.208 e. The second-order valence-electron chi connectivity index (χ2n) is 6.21. The zero-order chi connectivity index (χ0) is 15.6. The van der Waals surface area contributed by atoms with Gasteiger partial charge in [0.2, 0.25) is 10.0 Å². The molecule has 0 amide bonds. The summed E-state index contributed by atoms with van der Waals surface area (Å²) in [7, 11) is -3.52. The Balaban J connectivity index is 2.19. The lowest BCUT2D eigenvalue weighted by molar-refractivity contribution is 0.249. The highest BCUT2D eigenvalue weighted by molar-refractivity contribution is 7.89. The van der Waals surface area contributed by atoms with Crippen LogP contribution in [0.1, 0.15) is 44.2 Å². The van der Waals surface area contributed by atoms with Gasteiger partial charge in [0.15, 0.2) is 0 Å². The van der Waals surface area contributed by atoms with Crippen LogP contribution in [0.5, 0.6) is 0 Å². The highest BCUT2D eigenvalue weighted by Crippen LogP contribution is 2.29. The van der Waals surface area contributed by atoms with E-state index in [0.717, 1.165) is 19.3 Å². The Morgan fingerprint density at radius 2 is 2.00 bits per heavy atom. The van der Waals surface area contributed by atoms with Crippen LogP contribution in [0.25, 0.3) is 0 Å². The van der Waals surface area contributed by atoms with E-state index in [1.165, 1.54) is 6.07 Å². The lowest BCUT2D eigenvalue weighted by Crippen LogP contribution is -2.42. The Hall–Kier alpha value is -1.38. The van der Waals surface area contributed by atoms with E-state index < -0.39 is 10.0 Å². The summed E-state index contributed by atoms with van der Waals surface area (Å²) in [5, 5.41) is 8.92. The van der Waals surface area contributed by atoms with Gasteiger partial charge in [-0.1, -0.05) is 13.8 Å². The molecule has 21 heavy (non-hydrogen) atoms. The van der Waals surface area contributed by atoms with Crippen molar-refractivity contribution >= 4 is 10.0 Å². The van der Waals surface area contributed by atoms with Crippen LogP contribution >= 0.6 is 0 Å². The molecule has 114 valence electrons. The molecule has 1 aromatic rings. The fourth-order valence-electron chi connectivity index (χ4n) is 3.04. The van der Waals surface area contributed by atoms with Crippen molar-refractivity contribution in [1.82, 2.24) is 4.72 Å². The highest BCUT2D eigenvalue weighted by atomic mass is 32.2. The zero-order valence-electron chi connectivity index (χ0n) is 12.8. The standard InChI is InChI=1S/C16H22N2O2S/c1-11-4-7-16(13(3)8-11)18-21(19,20)15-6-5-14(10-17)12(2)9-15/h5-6,9,11,13,16,18H,4,7-8H2,1-3H3. The Morgan fingerprint density at radius 1 is 1.29 bits per heavy atom. The molecule has 3 atom stereocenters. The predicted molar refractivity (Wildman–Crippen MR) is 82.2 cm³/mol. The molecule has 5 heteroatoms. The van der Waals surface area contributed by atoms with Gasteiger partial charge in [-0.25, -0.2) is 13.1 Å². The zero-order valence-corrected chi connectivity index (χ0v) is 13.6. The van der Waals surface area contributed by atoms with Crippen molar-refractivity contribution in [3.05, 3.63) is 29.3 Å². The molecule has 0 saturated heterocycles. The summed E-state index contributed by atoms with van der Waals surface area (Å²) >= 11 is 0.